The smallest absolute Gasteiger partial charge is 0.121 e. The monoisotopic (exact) mass is 213 g/mol. The topological polar surface area (TPSA) is 33.1 Å². The molecule has 1 heterocycles. The number of rotatable bonds is 3. The zero-order chi connectivity index (χ0) is 10.8. The van der Waals surface area contributed by atoms with Crippen molar-refractivity contribution in [3.8, 4) is 0 Å². The van der Waals surface area contributed by atoms with Crippen LogP contribution in [0.4, 0.5) is 0 Å². The van der Waals surface area contributed by atoms with E-state index in [1.807, 2.05) is 12.3 Å². The molecule has 80 valence electrons. The zero-order valence-corrected chi connectivity index (χ0v) is 10.2. The molecule has 0 radical (unpaired) electrons. The Balaban J connectivity index is 2.47. The number of hydrogen-bond donors (Lipinski definition) is 1. The molecule has 0 amide bonds. The Kier molecular flexibility index (Phi) is 3.67. The van der Waals surface area contributed by atoms with Crippen LogP contribution in [0.25, 0.3) is 0 Å². The van der Waals surface area contributed by atoms with E-state index in [2.05, 4.69) is 25.8 Å². The summed E-state index contributed by atoms with van der Waals surface area (Å²) >= 11 is 1.55. The summed E-state index contributed by atoms with van der Waals surface area (Å²) in [4.78, 5) is 4.28. The fraction of sp³-hybridized carbons (Fsp3) is 0.727. The number of thiazole rings is 1. The summed E-state index contributed by atoms with van der Waals surface area (Å²) in [5, 5.41) is 12.7. The molecular weight excluding hydrogens is 194 g/mol. The van der Waals surface area contributed by atoms with Crippen molar-refractivity contribution < 1.29 is 5.11 Å². The molecule has 0 saturated carbocycles. The van der Waals surface area contributed by atoms with Gasteiger partial charge in [-0.15, -0.1) is 11.3 Å². The Hall–Kier alpha value is -0.410. The van der Waals surface area contributed by atoms with Gasteiger partial charge in [-0.05, 0) is 25.2 Å². The third-order valence-electron chi connectivity index (χ3n) is 2.09. The van der Waals surface area contributed by atoms with Crippen LogP contribution in [0.1, 0.15) is 50.4 Å². The van der Waals surface area contributed by atoms with Crippen LogP contribution in [0, 0.1) is 12.3 Å². The Labute approximate surface area is 90.0 Å². The average molecular weight is 213 g/mol. The van der Waals surface area contributed by atoms with Crippen LogP contribution < -0.4 is 0 Å². The predicted molar refractivity (Wildman–Crippen MR) is 60.5 cm³/mol. The van der Waals surface area contributed by atoms with Crippen LogP contribution >= 0.6 is 11.3 Å². The second kappa shape index (κ2) is 4.41. The number of aliphatic hydroxyl groups excluding tert-OH is 1. The Morgan fingerprint density at radius 1 is 1.50 bits per heavy atom. The summed E-state index contributed by atoms with van der Waals surface area (Å²) in [5.41, 5.74) is 1.28. The molecule has 2 nitrogen and oxygen atoms in total. The van der Waals surface area contributed by atoms with Gasteiger partial charge in [-0.1, -0.05) is 20.8 Å². The molecule has 1 rings (SSSR count). The van der Waals surface area contributed by atoms with Crippen molar-refractivity contribution in [3.63, 3.8) is 0 Å². The minimum Gasteiger partial charge on any atom is -0.386 e. The average Bonchev–Trinajstić information content (AvgIpc) is 2.46. The molecule has 0 aliphatic carbocycles. The summed E-state index contributed by atoms with van der Waals surface area (Å²) in [6.07, 6.45) is 1.44. The van der Waals surface area contributed by atoms with E-state index >= 15 is 0 Å². The molecule has 1 N–H and O–H groups in total. The molecule has 0 fully saturated rings. The molecule has 0 bridgehead atoms. The lowest BCUT2D eigenvalue weighted by atomic mass is 9.89. The summed E-state index contributed by atoms with van der Waals surface area (Å²) in [5.74, 6) is 0. The van der Waals surface area contributed by atoms with E-state index < -0.39 is 0 Å². The van der Waals surface area contributed by atoms with E-state index in [-0.39, 0.29) is 11.5 Å². The lowest BCUT2D eigenvalue weighted by Gasteiger charge is -2.19. The lowest BCUT2D eigenvalue weighted by Crippen LogP contribution is -2.08. The number of aliphatic hydroxyl groups is 1. The Morgan fingerprint density at radius 3 is 2.57 bits per heavy atom. The fourth-order valence-corrected chi connectivity index (χ4v) is 2.03. The molecule has 1 aromatic heterocycles. The maximum absolute atomic E-state index is 9.85. The molecule has 3 heteroatoms. The lowest BCUT2D eigenvalue weighted by molar-refractivity contribution is 0.147. The highest BCUT2D eigenvalue weighted by molar-refractivity contribution is 7.09. The third-order valence-corrected chi connectivity index (χ3v) is 3.15. The quantitative estimate of drug-likeness (QED) is 0.835. The van der Waals surface area contributed by atoms with Gasteiger partial charge >= 0.3 is 0 Å². The van der Waals surface area contributed by atoms with Crippen LogP contribution in [0.15, 0.2) is 5.38 Å². The molecule has 0 aliphatic rings. The van der Waals surface area contributed by atoms with E-state index in [1.54, 1.807) is 11.3 Å². The SMILES string of the molecule is Cc1csc(C(O)CCC(C)(C)C)n1. The normalized spacial score (nSPS) is 14.4. The summed E-state index contributed by atoms with van der Waals surface area (Å²) < 4.78 is 0. The summed E-state index contributed by atoms with van der Waals surface area (Å²) in [6.45, 7) is 8.52. The highest BCUT2D eigenvalue weighted by atomic mass is 32.1. The second-order valence-electron chi connectivity index (χ2n) is 4.94. The van der Waals surface area contributed by atoms with E-state index in [4.69, 9.17) is 0 Å². The number of nitrogens with zero attached hydrogens (tertiary/aromatic N) is 1. The molecule has 0 aliphatic heterocycles. The highest BCUT2D eigenvalue weighted by Crippen LogP contribution is 2.28. The first-order valence-corrected chi connectivity index (χ1v) is 5.86. The Morgan fingerprint density at radius 2 is 2.14 bits per heavy atom. The van der Waals surface area contributed by atoms with Crippen molar-refractivity contribution in [2.24, 2.45) is 5.41 Å². The van der Waals surface area contributed by atoms with Crippen LogP contribution in [-0.2, 0) is 0 Å². The standard InChI is InChI=1S/C11H19NOS/c1-8-7-14-10(12-8)9(13)5-6-11(2,3)4/h7,9,13H,5-6H2,1-4H3. The summed E-state index contributed by atoms with van der Waals surface area (Å²) in [6, 6.07) is 0. The maximum Gasteiger partial charge on any atom is 0.121 e. The first-order valence-electron chi connectivity index (χ1n) is 4.98. The van der Waals surface area contributed by atoms with Crippen LogP contribution in [0.2, 0.25) is 0 Å². The maximum atomic E-state index is 9.85. The van der Waals surface area contributed by atoms with Crippen molar-refractivity contribution in [1.82, 2.24) is 4.98 Å². The van der Waals surface area contributed by atoms with Gasteiger partial charge in [-0.25, -0.2) is 4.98 Å². The molecular formula is C11H19NOS. The highest BCUT2D eigenvalue weighted by Gasteiger charge is 2.16. The van der Waals surface area contributed by atoms with Crippen molar-refractivity contribution in [3.05, 3.63) is 16.1 Å². The molecule has 0 saturated heterocycles. The molecule has 1 atom stereocenters. The van der Waals surface area contributed by atoms with Gasteiger partial charge in [0.05, 0.1) is 0 Å². The number of aryl methyl sites for hydroxylation is 1. The van der Waals surface area contributed by atoms with E-state index in [0.717, 1.165) is 23.5 Å². The van der Waals surface area contributed by atoms with Gasteiger partial charge in [0.1, 0.15) is 11.1 Å². The van der Waals surface area contributed by atoms with Gasteiger partial charge in [-0.2, -0.15) is 0 Å². The van der Waals surface area contributed by atoms with E-state index in [9.17, 15) is 5.11 Å². The minimum atomic E-state index is -0.382. The molecule has 1 aromatic rings. The van der Waals surface area contributed by atoms with Gasteiger partial charge in [0.2, 0.25) is 0 Å². The zero-order valence-electron chi connectivity index (χ0n) is 9.37. The molecule has 0 spiro atoms. The van der Waals surface area contributed by atoms with E-state index in [1.165, 1.54) is 0 Å². The van der Waals surface area contributed by atoms with Gasteiger partial charge < -0.3 is 5.11 Å². The van der Waals surface area contributed by atoms with Gasteiger partial charge in [0, 0.05) is 11.1 Å². The van der Waals surface area contributed by atoms with Crippen molar-refractivity contribution in [2.75, 3.05) is 0 Å². The second-order valence-corrected chi connectivity index (χ2v) is 5.83. The molecule has 14 heavy (non-hydrogen) atoms. The van der Waals surface area contributed by atoms with Crippen molar-refractivity contribution >= 4 is 11.3 Å². The van der Waals surface area contributed by atoms with Gasteiger partial charge in [-0.3, -0.25) is 0 Å². The first-order chi connectivity index (χ1) is 6.38. The molecule has 1 unspecified atom stereocenters. The minimum absolute atomic E-state index is 0.285. The van der Waals surface area contributed by atoms with Crippen LogP contribution in [-0.4, -0.2) is 10.1 Å². The van der Waals surface area contributed by atoms with Crippen LogP contribution in [0.5, 0.6) is 0 Å². The van der Waals surface area contributed by atoms with Gasteiger partial charge in [0.15, 0.2) is 0 Å². The first kappa shape index (κ1) is 11.7. The largest absolute Gasteiger partial charge is 0.386 e. The fourth-order valence-electron chi connectivity index (χ4n) is 1.22. The summed E-state index contributed by atoms with van der Waals surface area (Å²) in [7, 11) is 0. The predicted octanol–water partition coefficient (Wildman–Crippen LogP) is 3.31. The van der Waals surface area contributed by atoms with Crippen LogP contribution in [0.3, 0.4) is 0 Å². The van der Waals surface area contributed by atoms with E-state index in [0.29, 0.717) is 0 Å². The van der Waals surface area contributed by atoms with Crippen molar-refractivity contribution in [1.29, 1.82) is 0 Å². The number of aromatic nitrogens is 1. The van der Waals surface area contributed by atoms with Gasteiger partial charge in [0.25, 0.3) is 0 Å². The van der Waals surface area contributed by atoms with Crippen molar-refractivity contribution in [2.45, 2.75) is 46.6 Å². The Bertz CT molecular complexity index is 288. The molecule has 0 aromatic carbocycles. The number of hydrogen-bond acceptors (Lipinski definition) is 3. The third kappa shape index (κ3) is 3.76.